The lowest BCUT2D eigenvalue weighted by Gasteiger charge is -2.35. The number of aliphatic hydroxyl groups excluding tert-OH is 2. The van der Waals surface area contributed by atoms with E-state index < -0.39 is 6.10 Å². The number of carbonyl (C=O) groups excluding carboxylic acids is 1. The zero-order valence-electron chi connectivity index (χ0n) is 13.6. The van der Waals surface area contributed by atoms with Crippen LogP contribution in [-0.2, 0) is 0 Å². The molecular weight excluding hydrogens is 296 g/mol. The molecule has 1 aliphatic rings. The molecule has 0 aliphatic carbocycles. The monoisotopic (exact) mass is 322 g/mol. The van der Waals surface area contributed by atoms with Crippen LogP contribution in [-0.4, -0.2) is 84.4 Å². The number of hydrogen-bond acceptors (Lipinski definition) is 6. The van der Waals surface area contributed by atoms with E-state index in [1.807, 2.05) is 6.07 Å². The smallest absolute Gasteiger partial charge is 0.163 e. The minimum atomic E-state index is -0.598. The quantitative estimate of drug-likeness (QED) is 0.668. The number of piperazine rings is 1. The zero-order chi connectivity index (χ0) is 16.7. The van der Waals surface area contributed by atoms with Crippen LogP contribution < -0.4 is 4.74 Å². The van der Waals surface area contributed by atoms with E-state index in [1.165, 1.54) is 6.92 Å². The number of nitrogens with zero attached hydrogens (tertiary/aromatic N) is 2. The second-order valence-electron chi connectivity index (χ2n) is 5.88. The summed E-state index contributed by atoms with van der Waals surface area (Å²) in [5.74, 6) is 0.474. The topological polar surface area (TPSA) is 73.2 Å². The van der Waals surface area contributed by atoms with Gasteiger partial charge in [0, 0.05) is 39.3 Å². The van der Waals surface area contributed by atoms with Crippen molar-refractivity contribution in [1.29, 1.82) is 0 Å². The first kappa shape index (κ1) is 17.9. The molecular formula is C17H26N2O4. The number of para-hydroxylation sites is 1. The number of β-amino-alcohol motifs (C(OH)–C–C–N with tert-alkyl or cyclic N) is 2. The Kier molecular flexibility index (Phi) is 6.98. The van der Waals surface area contributed by atoms with Crippen molar-refractivity contribution in [3.8, 4) is 5.75 Å². The third-order valence-electron chi connectivity index (χ3n) is 4.05. The van der Waals surface area contributed by atoms with Gasteiger partial charge in [-0.05, 0) is 19.1 Å². The first-order valence-corrected chi connectivity index (χ1v) is 8.06. The first-order chi connectivity index (χ1) is 11.1. The van der Waals surface area contributed by atoms with E-state index in [9.17, 15) is 9.90 Å². The van der Waals surface area contributed by atoms with Gasteiger partial charge in [-0.3, -0.25) is 14.6 Å². The number of ketones is 1. The lowest BCUT2D eigenvalue weighted by Crippen LogP contribution is -2.49. The normalized spacial score (nSPS) is 17.9. The largest absolute Gasteiger partial charge is 0.490 e. The van der Waals surface area contributed by atoms with Crippen molar-refractivity contribution in [2.24, 2.45) is 0 Å². The molecule has 1 aromatic rings. The number of rotatable bonds is 8. The summed E-state index contributed by atoms with van der Waals surface area (Å²) >= 11 is 0. The minimum Gasteiger partial charge on any atom is -0.490 e. The van der Waals surface area contributed by atoms with Crippen LogP contribution in [0.1, 0.15) is 17.3 Å². The maximum absolute atomic E-state index is 11.5. The minimum absolute atomic E-state index is 0.0462. The summed E-state index contributed by atoms with van der Waals surface area (Å²) < 4.78 is 5.62. The lowest BCUT2D eigenvalue weighted by molar-refractivity contribution is 0.0426. The predicted molar refractivity (Wildman–Crippen MR) is 87.9 cm³/mol. The molecule has 2 N–H and O–H groups in total. The highest BCUT2D eigenvalue weighted by Crippen LogP contribution is 2.18. The highest BCUT2D eigenvalue weighted by Gasteiger charge is 2.19. The molecule has 1 heterocycles. The van der Waals surface area contributed by atoms with Gasteiger partial charge < -0.3 is 14.9 Å². The SMILES string of the molecule is CC(=O)c1ccccc1OCC(O)CN1CCN(CCO)CC1. The van der Waals surface area contributed by atoms with Crippen molar-refractivity contribution in [3.63, 3.8) is 0 Å². The van der Waals surface area contributed by atoms with Crippen molar-refractivity contribution in [2.45, 2.75) is 13.0 Å². The van der Waals surface area contributed by atoms with Crippen LogP contribution in [0.25, 0.3) is 0 Å². The van der Waals surface area contributed by atoms with Gasteiger partial charge in [0.15, 0.2) is 5.78 Å². The summed E-state index contributed by atoms with van der Waals surface area (Å²) in [6.07, 6.45) is -0.598. The molecule has 2 rings (SSSR count). The van der Waals surface area contributed by atoms with Crippen LogP contribution in [0, 0.1) is 0 Å². The molecule has 0 bridgehead atoms. The number of aliphatic hydroxyl groups is 2. The number of Topliss-reactive ketones (excluding diaryl/α,β-unsaturated/α-hetero) is 1. The Morgan fingerprint density at radius 1 is 1.22 bits per heavy atom. The molecule has 1 aliphatic heterocycles. The molecule has 0 saturated carbocycles. The van der Waals surface area contributed by atoms with Crippen LogP contribution in [0.15, 0.2) is 24.3 Å². The van der Waals surface area contributed by atoms with Gasteiger partial charge in [0.1, 0.15) is 18.5 Å². The lowest BCUT2D eigenvalue weighted by atomic mass is 10.1. The van der Waals surface area contributed by atoms with E-state index in [0.717, 1.165) is 26.2 Å². The van der Waals surface area contributed by atoms with Crippen LogP contribution in [0.4, 0.5) is 0 Å². The first-order valence-electron chi connectivity index (χ1n) is 8.06. The van der Waals surface area contributed by atoms with E-state index in [-0.39, 0.29) is 19.0 Å². The predicted octanol–water partition coefficient (Wildman–Crippen LogP) is 0.239. The molecule has 0 spiro atoms. The summed E-state index contributed by atoms with van der Waals surface area (Å²) in [6, 6.07) is 7.09. The number of benzene rings is 1. The second-order valence-corrected chi connectivity index (χ2v) is 5.88. The standard InChI is InChI=1S/C17H26N2O4/c1-14(21)16-4-2-3-5-17(16)23-13-15(22)12-19-8-6-18(7-9-19)10-11-20/h2-5,15,20,22H,6-13H2,1H3. The molecule has 6 heteroatoms. The van der Waals surface area contributed by atoms with Crippen molar-refractivity contribution in [3.05, 3.63) is 29.8 Å². The summed E-state index contributed by atoms with van der Waals surface area (Å²) in [6.45, 7) is 6.68. The molecule has 1 saturated heterocycles. The summed E-state index contributed by atoms with van der Waals surface area (Å²) in [7, 11) is 0. The Balaban J connectivity index is 1.76. The average molecular weight is 322 g/mol. The van der Waals surface area contributed by atoms with Gasteiger partial charge in [-0.2, -0.15) is 0 Å². The van der Waals surface area contributed by atoms with Gasteiger partial charge >= 0.3 is 0 Å². The van der Waals surface area contributed by atoms with Gasteiger partial charge in [0.25, 0.3) is 0 Å². The molecule has 0 radical (unpaired) electrons. The Hall–Kier alpha value is -1.47. The maximum Gasteiger partial charge on any atom is 0.163 e. The van der Waals surface area contributed by atoms with Crippen LogP contribution in [0.3, 0.4) is 0 Å². The van der Waals surface area contributed by atoms with E-state index in [1.54, 1.807) is 18.2 Å². The molecule has 1 unspecified atom stereocenters. The van der Waals surface area contributed by atoms with Crippen molar-refractivity contribution >= 4 is 5.78 Å². The molecule has 1 aromatic carbocycles. The second kappa shape index (κ2) is 8.98. The Bertz CT molecular complexity index is 501. The zero-order valence-corrected chi connectivity index (χ0v) is 13.6. The molecule has 0 amide bonds. The molecule has 6 nitrogen and oxygen atoms in total. The Labute approximate surface area is 137 Å². The van der Waals surface area contributed by atoms with Crippen molar-refractivity contribution in [2.75, 3.05) is 52.5 Å². The Morgan fingerprint density at radius 3 is 2.52 bits per heavy atom. The van der Waals surface area contributed by atoms with Gasteiger partial charge in [-0.1, -0.05) is 12.1 Å². The number of hydrogen-bond donors (Lipinski definition) is 2. The fraction of sp³-hybridized carbons (Fsp3) is 0.588. The average Bonchev–Trinajstić information content (AvgIpc) is 2.55. The van der Waals surface area contributed by atoms with E-state index >= 15 is 0 Å². The number of ether oxygens (including phenoxy) is 1. The fourth-order valence-electron chi connectivity index (χ4n) is 2.76. The van der Waals surface area contributed by atoms with E-state index in [0.29, 0.717) is 24.4 Å². The fourth-order valence-corrected chi connectivity index (χ4v) is 2.76. The van der Waals surface area contributed by atoms with Crippen LogP contribution in [0.5, 0.6) is 5.75 Å². The molecule has 23 heavy (non-hydrogen) atoms. The summed E-state index contributed by atoms with van der Waals surface area (Å²) in [4.78, 5) is 15.9. The van der Waals surface area contributed by atoms with E-state index in [2.05, 4.69) is 9.80 Å². The van der Waals surface area contributed by atoms with Gasteiger partial charge in [-0.25, -0.2) is 0 Å². The Morgan fingerprint density at radius 2 is 1.87 bits per heavy atom. The maximum atomic E-state index is 11.5. The van der Waals surface area contributed by atoms with Gasteiger partial charge in [0.2, 0.25) is 0 Å². The summed E-state index contributed by atoms with van der Waals surface area (Å²) in [5, 5.41) is 19.1. The van der Waals surface area contributed by atoms with E-state index in [4.69, 9.17) is 9.84 Å². The van der Waals surface area contributed by atoms with Crippen molar-refractivity contribution < 1.29 is 19.7 Å². The third-order valence-corrected chi connectivity index (χ3v) is 4.05. The molecule has 128 valence electrons. The molecule has 0 aromatic heterocycles. The highest BCUT2D eigenvalue weighted by molar-refractivity contribution is 5.96. The molecule has 1 atom stereocenters. The van der Waals surface area contributed by atoms with Crippen molar-refractivity contribution in [1.82, 2.24) is 9.80 Å². The van der Waals surface area contributed by atoms with Gasteiger partial charge in [-0.15, -0.1) is 0 Å². The summed E-state index contributed by atoms with van der Waals surface area (Å²) in [5.41, 5.74) is 0.539. The third kappa shape index (κ3) is 5.58. The van der Waals surface area contributed by atoms with Gasteiger partial charge in [0.05, 0.1) is 12.2 Å². The highest BCUT2D eigenvalue weighted by atomic mass is 16.5. The van der Waals surface area contributed by atoms with Crippen LogP contribution in [0.2, 0.25) is 0 Å². The van der Waals surface area contributed by atoms with Crippen LogP contribution >= 0.6 is 0 Å². The molecule has 1 fully saturated rings. The number of carbonyl (C=O) groups is 1.